The van der Waals surface area contributed by atoms with Gasteiger partial charge in [-0.1, -0.05) is 37.5 Å². The normalized spacial score (nSPS) is 13.4. The van der Waals surface area contributed by atoms with Crippen molar-refractivity contribution in [3.63, 3.8) is 0 Å². The van der Waals surface area contributed by atoms with Gasteiger partial charge < -0.3 is 0 Å². The van der Waals surface area contributed by atoms with Crippen molar-refractivity contribution in [2.75, 3.05) is 47.9 Å². The average Bonchev–Trinajstić information content (AvgIpc) is 2.16. The molecule has 2 heteroatoms. The molecule has 0 aliphatic rings. The third-order valence-electron chi connectivity index (χ3n) is 2.51. The van der Waals surface area contributed by atoms with Gasteiger partial charge in [-0.2, -0.15) is 0 Å². The second-order valence-corrected chi connectivity index (χ2v) is 5.71. The van der Waals surface area contributed by atoms with Crippen LogP contribution in [-0.2, 0) is 0 Å². The number of rotatable bonds is 8. The molecule has 96 valence electrons. The highest BCUT2D eigenvalue weighted by atomic mass is 15.5. The molecular weight excluding hydrogens is 208 g/mol. The molecule has 0 aliphatic carbocycles. The smallest absolute Gasteiger partial charge is 0.207 e. The van der Waals surface area contributed by atoms with E-state index in [2.05, 4.69) is 53.5 Å². The Bertz CT molecular complexity index is 266. The SMILES string of the molecule is C=CC=CC[N+](C)(C)C[N+](C)(C)CC=CC=C. The summed E-state index contributed by atoms with van der Waals surface area (Å²) >= 11 is 0. The van der Waals surface area contributed by atoms with E-state index in [0.717, 1.165) is 28.7 Å². The molecular formula is C15H28N2+2. The molecule has 0 saturated heterocycles. The van der Waals surface area contributed by atoms with Crippen molar-refractivity contribution in [1.29, 1.82) is 0 Å². The molecule has 17 heavy (non-hydrogen) atoms. The number of likely N-dealkylation sites (N-methyl/N-ethyl adjacent to an activating group) is 2. The maximum atomic E-state index is 3.69. The summed E-state index contributed by atoms with van der Waals surface area (Å²) in [7, 11) is 9.02. The van der Waals surface area contributed by atoms with Gasteiger partial charge in [-0.3, -0.25) is 8.97 Å². The lowest BCUT2D eigenvalue weighted by atomic mass is 10.3. The molecule has 0 saturated carbocycles. The van der Waals surface area contributed by atoms with E-state index < -0.39 is 0 Å². The molecule has 0 spiro atoms. The Morgan fingerprint density at radius 2 is 1.12 bits per heavy atom. The maximum absolute atomic E-state index is 3.69. The molecule has 0 N–H and O–H groups in total. The van der Waals surface area contributed by atoms with Gasteiger partial charge in [-0.05, 0) is 12.2 Å². The van der Waals surface area contributed by atoms with E-state index in [0.29, 0.717) is 0 Å². The van der Waals surface area contributed by atoms with Gasteiger partial charge in [0.1, 0.15) is 13.1 Å². The van der Waals surface area contributed by atoms with Crippen molar-refractivity contribution in [2.45, 2.75) is 0 Å². The maximum Gasteiger partial charge on any atom is 0.207 e. The van der Waals surface area contributed by atoms with Crippen molar-refractivity contribution in [3.8, 4) is 0 Å². The van der Waals surface area contributed by atoms with Crippen molar-refractivity contribution >= 4 is 0 Å². The van der Waals surface area contributed by atoms with Crippen molar-refractivity contribution in [3.05, 3.63) is 49.6 Å². The Labute approximate surface area is 107 Å². The van der Waals surface area contributed by atoms with Gasteiger partial charge in [0.2, 0.25) is 6.67 Å². The first kappa shape index (κ1) is 15.9. The molecule has 0 aromatic carbocycles. The lowest BCUT2D eigenvalue weighted by molar-refractivity contribution is -1.06. The zero-order chi connectivity index (χ0) is 13.4. The highest BCUT2D eigenvalue weighted by molar-refractivity contribution is 4.97. The van der Waals surface area contributed by atoms with Crippen LogP contribution in [-0.4, -0.2) is 56.9 Å². The Kier molecular flexibility index (Phi) is 6.78. The highest BCUT2D eigenvalue weighted by Gasteiger charge is 2.25. The summed E-state index contributed by atoms with van der Waals surface area (Å²) in [6, 6.07) is 0. The molecule has 0 amide bonds. The van der Waals surface area contributed by atoms with Crippen LogP contribution < -0.4 is 0 Å². The zero-order valence-electron chi connectivity index (χ0n) is 11.9. The molecule has 0 heterocycles. The van der Waals surface area contributed by atoms with E-state index in [1.165, 1.54) is 0 Å². The second kappa shape index (κ2) is 7.25. The zero-order valence-corrected chi connectivity index (χ0v) is 11.9. The predicted molar refractivity (Wildman–Crippen MR) is 77.5 cm³/mol. The lowest BCUT2D eigenvalue weighted by Crippen LogP contribution is -2.55. The first-order valence-corrected chi connectivity index (χ1v) is 6.02. The standard InChI is InChI=1S/C15H28N2/c1-7-9-11-13-16(3,4)15-17(5,6)14-12-10-8-2/h7-12H,1-2,13-15H2,3-6H3/q+2. The fourth-order valence-corrected chi connectivity index (χ4v) is 2.04. The minimum atomic E-state index is 0.971. The Balaban J connectivity index is 4.35. The van der Waals surface area contributed by atoms with Gasteiger partial charge >= 0.3 is 0 Å². The van der Waals surface area contributed by atoms with Crippen LogP contribution in [0.5, 0.6) is 0 Å². The first-order chi connectivity index (χ1) is 7.83. The fourth-order valence-electron chi connectivity index (χ4n) is 2.04. The van der Waals surface area contributed by atoms with E-state index >= 15 is 0 Å². The van der Waals surface area contributed by atoms with Gasteiger partial charge in [0, 0.05) is 0 Å². The van der Waals surface area contributed by atoms with Crippen molar-refractivity contribution in [1.82, 2.24) is 0 Å². The van der Waals surface area contributed by atoms with Crippen LogP contribution in [0.15, 0.2) is 49.6 Å². The highest BCUT2D eigenvalue weighted by Crippen LogP contribution is 2.06. The summed E-state index contributed by atoms with van der Waals surface area (Å²) in [5, 5.41) is 0. The van der Waals surface area contributed by atoms with Crippen LogP contribution in [0.4, 0.5) is 0 Å². The summed E-state index contributed by atoms with van der Waals surface area (Å²) in [5.41, 5.74) is 0. The monoisotopic (exact) mass is 236 g/mol. The molecule has 0 atom stereocenters. The Morgan fingerprint density at radius 1 is 0.765 bits per heavy atom. The summed E-state index contributed by atoms with van der Waals surface area (Å²) < 4.78 is 1.94. The third-order valence-corrected chi connectivity index (χ3v) is 2.51. The number of nitrogens with zero attached hydrogens (tertiary/aromatic N) is 2. The molecule has 0 bridgehead atoms. The van der Waals surface area contributed by atoms with E-state index in [-0.39, 0.29) is 0 Å². The van der Waals surface area contributed by atoms with Crippen molar-refractivity contribution in [2.24, 2.45) is 0 Å². The number of hydrogen-bond acceptors (Lipinski definition) is 0. The van der Waals surface area contributed by atoms with Gasteiger partial charge in [0.05, 0.1) is 28.2 Å². The van der Waals surface area contributed by atoms with E-state index in [4.69, 9.17) is 0 Å². The van der Waals surface area contributed by atoms with Crippen LogP contribution in [0, 0.1) is 0 Å². The number of hydrogen-bond donors (Lipinski definition) is 0. The summed E-state index contributed by atoms with van der Waals surface area (Å²) in [6.45, 7) is 10.5. The minimum absolute atomic E-state index is 0.971. The van der Waals surface area contributed by atoms with Crippen LogP contribution in [0.1, 0.15) is 0 Å². The molecule has 0 rings (SSSR count). The van der Waals surface area contributed by atoms with Gasteiger partial charge in [0.15, 0.2) is 0 Å². The minimum Gasteiger partial charge on any atom is -0.279 e. The van der Waals surface area contributed by atoms with E-state index in [9.17, 15) is 0 Å². The lowest BCUT2D eigenvalue weighted by Gasteiger charge is -2.37. The Morgan fingerprint density at radius 3 is 1.41 bits per heavy atom. The fraction of sp³-hybridized carbons (Fsp3) is 0.467. The summed E-state index contributed by atoms with van der Waals surface area (Å²) in [4.78, 5) is 0. The largest absolute Gasteiger partial charge is 0.279 e. The van der Waals surface area contributed by atoms with Gasteiger partial charge in [-0.25, -0.2) is 0 Å². The molecule has 0 aromatic heterocycles. The van der Waals surface area contributed by atoms with Crippen molar-refractivity contribution < 1.29 is 8.97 Å². The molecule has 2 nitrogen and oxygen atoms in total. The van der Waals surface area contributed by atoms with Crippen LogP contribution in [0.25, 0.3) is 0 Å². The van der Waals surface area contributed by atoms with E-state index in [1.54, 1.807) is 0 Å². The molecule has 0 radical (unpaired) electrons. The molecule has 0 aliphatic heterocycles. The van der Waals surface area contributed by atoms with Crippen LogP contribution >= 0.6 is 0 Å². The van der Waals surface area contributed by atoms with Crippen LogP contribution in [0.2, 0.25) is 0 Å². The Hall–Kier alpha value is -1.12. The second-order valence-electron chi connectivity index (χ2n) is 5.71. The topological polar surface area (TPSA) is 0 Å². The molecule has 0 fully saturated rings. The average molecular weight is 236 g/mol. The first-order valence-electron chi connectivity index (χ1n) is 6.02. The molecule has 0 aromatic rings. The number of allylic oxidation sites excluding steroid dienone is 4. The van der Waals surface area contributed by atoms with Gasteiger partial charge in [-0.15, -0.1) is 0 Å². The third kappa shape index (κ3) is 8.66. The quantitative estimate of drug-likeness (QED) is 0.345. The van der Waals surface area contributed by atoms with Crippen LogP contribution in [0.3, 0.4) is 0 Å². The summed E-state index contributed by atoms with van der Waals surface area (Å²) in [5.74, 6) is 0. The number of quaternary nitrogens is 2. The predicted octanol–water partition coefficient (Wildman–Crippen LogP) is 2.58. The van der Waals surface area contributed by atoms with E-state index in [1.807, 2.05) is 24.3 Å². The summed E-state index contributed by atoms with van der Waals surface area (Å²) in [6.07, 6.45) is 12.0. The molecule has 0 unspecified atom stereocenters. The van der Waals surface area contributed by atoms with Gasteiger partial charge in [0.25, 0.3) is 0 Å².